The quantitative estimate of drug-likeness (QED) is 0.845. The van der Waals surface area contributed by atoms with Crippen molar-refractivity contribution < 1.29 is 9.21 Å². The maximum atomic E-state index is 12.0. The number of thiophene rings is 1. The third kappa shape index (κ3) is 4.10. The Balaban J connectivity index is 1.45. The van der Waals surface area contributed by atoms with E-state index in [-0.39, 0.29) is 5.91 Å². The van der Waals surface area contributed by atoms with Gasteiger partial charge in [-0.25, -0.2) is 0 Å². The molecule has 0 bridgehead atoms. The number of nitrogens with zero attached hydrogens (tertiary/aromatic N) is 2. The van der Waals surface area contributed by atoms with Gasteiger partial charge in [-0.2, -0.15) is 0 Å². The maximum absolute atomic E-state index is 12.0. The number of hydrogen-bond donors (Lipinski definition) is 1. The fraction of sp³-hybridized carbons (Fsp3) is 0.533. The van der Waals surface area contributed by atoms with Gasteiger partial charge in [0.2, 0.25) is 5.91 Å². The van der Waals surface area contributed by atoms with Crippen LogP contribution in [0.3, 0.4) is 0 Å². The maximum Gasteiger partial charge on any atom is 0.277 e. The lowest BCUT2D eigenvalue weighted by Crippen LogP contribution is -2.38. The van der Waals surface area contributed by atoms with Crippen LogP contribution in [-0.2, 0) is 4.79 Å². The number of rotatable bonds is 5. The predicted molar refractivity (Wildman–Crippen MR) is 87.9 cm³/mol. The lowest BCUT2D eigenvalue weighted by Gasteiger charge is -2.26. The molecule has 0 unspecified atom stereocenters. The Labute approximate surface area is 137 Å². The second-order valence-corrected chi connectivity index (χ2v) is 7.54. The van der Waals surface area contributed by atoms with Gasteiger partial charge in [0.15, 0.2) is 0 Å². The molecule has 0 aliphatic heterocycles. The van der Waals surface area contributed by atoms with Crippen LogP contribution in [0.5, 0.6) is 0 Å². The van der Waals surface area contributed by atoms with E-state index in [9.17, 15) is 4.79 Å². The number of thioether (sulfide) groups is 1. The minimum Gasteiger partial charge on any atom is -0.410 e. The summed E-state index contributed by atoms with van der Waals surface area (Å²) in [5.74, 6) is 1.66. The van der Waals surface area contributed by atoms with Crippen LogP contribution < -0.4 is 5.32 Å². The van der Waals surface area contributed by atoms with Gasteiger partial charge in [-0.1, -0.05) is 24.8 Å². The van der Waals surface area contributed by atoms with Crippen molar-refractivity contribution in [3.63, 3.8) is 0 Å². The molecule has 0 saturated heterocycles. The van der Waals surface area contributed by atoms with Crippen LogP contribution in [0.1, 0.15) is 32.6 Å². The Kier molecular flexibility index (Phi) is 5.15. The van der Waals surface area contributed by atoms with E-state index in [4.69, 9.17) is 4.42 Å². The minimum atomic E-state index is 0.0421. The van der Waals surface area contributed by atoms with Crippen LogP contribution in [0, 0.1) is 5.92 Å². The normalized spacial score (nSPS) is 21.7. The molecule has 1 saturated carbocycles. The number of hydrogen-bond acceptors (Lipinski definition) is 6. The van der Waals surface area contributed by atoms with Crippen LogP contribution in [0.2, 0.25) is 0 Å². The molecule has 2 aromatic rings. The molecule has 1 N–H and O–H groups in total. The molecule has 0 spiro atoms. The fourth-order valence-corrected chi connectivity index (χ4v) is 3.79. The molecule has 3 rings (SSSR count). The summed E-state index contributed by atoms with van der Waals surface area (Å²) in [5, 5.41) is 13.5. The van der Waals surface area contributed by atoms with E-state index in [1.165, 1.54) is 24.6 Å². The summed E-state index contributed by atoms with van der Waals surface area (Å²) < 4.78 is 5.55. The zero-order chi connectivity index (χ0) is 15.4. The summed E-state index contributed by atoms with van der Waals surface area (Å²) in [6.07, 6.45) is 4.57. The minimum absolute atomic E-state index is 0.0421. The summed E-state index contributed by atoms with van der Waals surface area (Å²) in [6.45, 7) is 2.27. The summed E-state index contributed by atoms with van der Waals surface area (Å²) in [4.78, 5) is 12.9. The van der Waals surface area contributed by atoms with Crippen molar-refractivity contribution in [1.29, 1.82) is 0 Å². The molecule has 1 aliphatic carbocycles. The monoisotopic (exact) mass is 337 g/mol. The van der Waals surface area contributed by atoms with Crippen molar-refractivity contribution in [3.8, 4) is 10.8 Å². The van der Waals surface area contributed by atoms with Crippen molar-refractivity contribution in [2.24, 2.45) is 5.92 Å². The second-order valence-electron chi connectivity index (χ2n) is 5.66. The largest absolute Gasteiger partial charge is 0.410 e. The average Bonchev–Trinajstić information content (AvgIpc) is 3.18. The zero-order valence-electron chi connectivity index (χ0n) is 12.4. The molecule has 2 aromatic heterocycles. The van der Waals surface area contributed by atoms with Gasteiger partial charge >= 0.3 is 0 Å². The molecule has 1 aliphatic rings. The first-order valence-electron chi connectivity index (χ1n) is 7.50. The van der Waals surface area contributed by atoms with Crippen LogP contribution in [0.4, 0.5) is 0 Å². The van der Waals surface area contributed by atoms with E-state index in [1.54, 1.807) is 11.3 Å². The highest BCUT2D eigenvalue weighted by atomic mass is 32.2. The van der Waals surface area contributed by atoms with Gasteiger partial charge in [-0.05, 0) is 43.0 Å². The van der Waals surface area contributed by atoms with Gasteiger partial charge in [0.05, 0.1) is 10.6 Å². The number of nitrogens with one attached hydrogen (secondary N) is 1. The summed E-state index contributed by atoms with van der Waals surface area (Å²) in [6, 6.07) is 4.20. The van der Waals surface area contributed by atoms with Gasteiger partial charge in [0, 0.05) is 6.04 Å². The molecule has 0 atom stereocenters. The molecule has 7 heteroatoms. The van der Waals surface area contributed by atoms with Crippen molar-refractivity contribution in [3.05, 3.63) is 17.5 Å². The zero-order valence-corrected chi connectivity index (χ0v) is 14.1. The number of carbonyl (C=O) groups excluding carboxylic acids is 1. The highest BCUT2D eigenvalue weighted by molar-refractivity contribution is 7.99. The predicted octanol–water partition coefficient (Wildman–Crippen LogP) is 3.59. The summed E-state index contributed by atoms with van der Waals surface area (Å²) >= 11 is 2.84. The third-order valence-electron chi connectivity index (χ3n) is 3.85. The van der Waals surface area contributed by atoms with E-state index >= 15 is 0 Å². The highest BCUT2D eigenvalue weighted by Gasteiger charge is 2.20. The second kappa shape index (κ2) is 7.28. The summed E-state index contributed by atoms with van der Waals surface area (Å²) in [5.41, 5.74) is 0. The molecule has 0 radical (unpaired) electrons. The van der Waals surface area contributed by atoms with Crippen molar-refractivity contribution in [2.75, 3.05) is 5.75 Å². The molecular formula is C15H19N3O2S2. The number of aromatic nitrogens is 2. The van der Waals surface area contributed by atoms with E-state index in [0.717, 1.165) is 23.6 Å². The van der Waals surface area contributed by atoms with Crippen molar-refractivity contribution in [2.45, 2.75) is 43.9 Å². The number of amides is 1. The fourth-order valence-electron chi connectivity index (χ4n) is 2.57. The van der Waals surface area contributed by atoms with Gasteiger partial charge in [0.25, 0.3) is 11.1 Å². The van der Waals surface area contributed by atoms with Gasteiger partial charge in [-0.3, -0.25) is 4.79 Å². The average molecular weight is 337 g/mol. The standard InChI is InChI=1S/C15H19N3O2S2/c1-10-4-6-11(7-5-10)16-13(19)9-22-15-18-17-14(20-15)12-3-2-8-21-12/h2-3,8,10-11H,4-7,9H2,1H3,(H,16,19). The SMILES string of the molecule is CC1CCC(NC(=O)CSc2nnc(-c3cccs3)o2)CC1. The Hall–Kier alpha value is -1.34. The molecule has 0 aromatic carbocycles. The Morgan fingerprint density at radius 3 is 2.95 bits per heavy atom. The Bertz CT molecular complexity index is 604. The molecule has 22 heavy (non-hydrogen) atoms. The topological polar surface area (TPSA) is 68.0 Å². The van der Waals surface area contributed by atoms with Gasteiger partial charge < -0.3 is 9.73 Å². The summed E-state index contributed by atoms with van der Waals surface area (Å²) in [7, 11) is 0. The lowest BCUT2D eigenvalue weighted by atomic mass is 9.87. The van der Waals surface area contributed by atoms with Crippen LogP contribution in [0.15, 0.2) is 27.2 Å². The molecule has 5 nitrogen and oxygen atoms in total. The van der Waals surface area contributed by atoms with E-state index in [2.05, 4.69) is 22.4 Å². The molecule has 2 heterocycles. The first kappa shape index (κ1) is 15.6. The van der Waals surface area contributed by atoms with Crippen molar-refractivity contribution in [1.82, 2.24) is 15.5 Å². The molecule has 1 fully saturated rings. The first-order valence-corrected chi connectivity index (χ1v) is 9.37. The highest BCUT2D eigenvalue weighted by Crippen LogP contribution is 2.27. The van der Waals surface area contributed by atoms with E-state index in [0.29, 0.717) is 22.9 Å². The van der Waals surface area contributed by atoms with E-state index < -0.39 is 0 Å². The van der Waals surface area contributed by atoms with Crippen molar-refractivity contribution >= 4 is 29.0 Å². The Morgan fingerprint density at radius 2 is 2.23 bits per heavy atom. The third-order valence-corrected chi connectivity index (χ3v) is 5.52. The van der Waals surface area contributed by atoms with Crippen LogP contribution >= 0.6 is 23.1 Å². The van der Waals surface area contributed by atoms with E-state index in [1.807, 2.05) is 17.5 Å². The Morgan fingerprint density at radius 1 is 1.41 bits per heavy atom. The molecule has 118 valence electrons. The van der Waals surface area contributed by atoms with Crippen LogP contribution in [0.25, 0.3) is 10.8 Å². The van der Waals surface area contributed by atoms with Gasteiger partial charge in [0.1, 0.15) is 0 Å². The van der Waals surface area contributed by atoms with Gasteiger partial charge in [-0.15, -0.1) is 21.5 Å². The van der Waals surface area contributed by atoms with Crippen LogP contribution in [-0.4, -0.2) is 27.9 Å². The smallest absolute Gasteiger partial charge is 0.277 e. The first-order chi connectivity index (χ1) is 10.7. The molecular weight excluding hydrogens is 318 g/mol. The lowest BCUT2D eigenvalue weighted by molar-refractivity contribution is -0.119. The molecule has 1 amide bonds. The number of carbonyl (C=O) groups is 1.